The van der Waals surface area contributed by atoms with E-state index in [0.29, 0.717) is 18.9 Å². The van der Waals surface area contributed by atoms with E-state index in [1.165, 1.54) is 0 Å². The Morgan fingerprint density at radius 3 is 2.61 bits per heavy atom. The number of carbonyl (C=O) groups is 1. The summed E-state index contributed by atoms with van der Waals surface area (Å²) in [4.78, 5) is 23.4. The van der Waals surface area contributed by atoms with Crippen molar-refractivity contribution >= 4 is 11.7 Å². The monoisotopic (exact) mass is 242 g/mol. The molecule has 0 spiro atoms. The molecule has 0 fully saturated rings. The smallest absolute Gasteiger partial charge is 0.222 e. The first-order valence-electron chi connectivity index (χ1n) is 5.72. The Balaban J connectivity index is 2.00. The number of nitrogens with zero attached hydrogens (tertiary/aromatic N) is 3. The van der Waals surface area contributed by atoms with Crippen molar-refractivity contribution in [2.24, 2.45) is 0 Å². The van der Waals surface area contributed by atoms with Gasteiger partial charge in [-0.2, -0.15) is 0 Å². The first-order valence-corrected chi connectivity index (χ1v) is 5.72. The van der Waals surface area contributed by atoms with Gasteiger partial charge in [-0.15, -0.1) is 0 Å². The largest absolute Gasteiger partial charge is 0.354 e. The SMILES string of the molecule is CC(=O)CCNc1ncc(-c2ccccn2)cn1. The molecule has 18 heavy (non-hydrogen) atoms. The van der Waals surface area contributed by atoms with Crippen LogP contribution in [0.25, 0.3) is 11.3 Å². The minimum atomic E-state index is 0.146. The zero-order valence-corrected chi connectivity index (χ0v) is 10.1. The van der Waals surface area contributed by atoms with Gasteiger partial charge in [-0.25, -0.2) is 9.97 Å². The van der Waals surface area contributed by atoms with Gasteiger partial charge in [0.25, 0.3) is 0 Å². The number of carbonyl (C=O) groups excluding carboxylic acids is 1. The van der Waals surface area contributed by atoms with E-state index in [1.807, 2.05) is 18.2 Å². The molecule has 0 saturated carbocycles. The summed E-state index contributed by atoms with van der Waals surface area (Å²) in [5, 5.41) is 2.99. The summed E-state index contributed by atoms with van der Waals surface area (Å²) in [6.07, 6.45) is 5.64. The first kappa shape index (κ1) is 12.2. The van der Waals surface area contributed by atoms with Crippen LogP contribution in [0, 0.1) is 0 Å². The highest BCUT2D eigenvalue weighted by atomic mass is 16.1. The van der Waals surface area contributed by atoms with Gasteiger partial charge in [-0.05, 0) is 19.1 Å². The lowest BCUT2D eigenvalue weighted by Crippen LogP contribution is -2.08. The molecule has 5 nitrogen and oxygen atoms in total. The number of rotatable bonds is 5. The highest BCUT2D eigenvalue weighted by Gasteiger charge is 2.01. The third-order valence-electron chi connectivity index (χ3n) is 2.37. The van der Waals surface area contributed by atoms with Crippen molar-refractivity contribution in [1.82, 2.24) is 15.0 Å². The molecule has 1 N–H and O–H groups in total. The summed E-state index contributed by atoms with van der Waals surface area (Å²) in [7, 11) is 0. The Bertz CT molecular complexity index is 510. The molecule has 0 bridgehead atoms. The zero-order chi connectivity index (χ0) is 12.8. The van der Waals surface area contributed by atoms with E-state index >= 15 is 0 Å². The van der Waals surface area contributed by atoms with Crippen LogP contribution in [0.2, 0.25) is 0 Å². The summed E-state index contributed by atoms with van der Waals surface area (Å²) >= 11 is 0. The van der Waals surface area contributed by atoms with Gasteiger partial charge in [-0.1, -0.05) is 6.07 Å². The number of anilines is 1. The summed E-state index contributed by atoms with van der Waals surface area (Å²) in [6.45, 7) is 2.12. The number of hydrogen-bond donors (Lipinski definition) is 1. The number of pyridine rings is 1. The van der Waals surface area contributed by atoms with Gasteiger partial charge in [0.15, 0.2) is 0 Å². The second kappa shape index (κ2) is 5.86. The molecule has 0 aromatic carbocycles. The molecule has 0 amide bonds. The Kier molecular flexibility index (Phi) is 3.96. The van der Waals surface area contributed by atoms with E-state index in [0.717, 1.165) is 11.3 Å². The lowest BCUT2D eigenvalue weighted by atomic mass is 10.2. The molecule has 0 aliphatic rings. The molecule has 2 heterocycles. The second-order valence-corrected chi connectivity index (χ2v) is 3.89. The van der Waals surface area contributed by atoms with E-state index in [4.69, 9.17) is 0 Å². The predicted octanol–water partition coefficient (Wildman–Crippen LogP) is 1.93. The Morgan fingerprint density at radius 1 is 1.22 bits per heavy atom. The van der Waals surface area contributed by atoms with Gasteiger partial charge in [0, 0.05) is 37.1 Å². The van der Waals surface area contributed by atoms with Crippen LogP contribution < -0.4 is 5.32 Å². The molecule has 92 valence electrons. The average molecular weight is 242 g/mol. The Labute approximate surface area is 105 Å². The number of hydrogen-bond acceptors (Lipinski definition) is 5. The highest BCUT2D eigenvalue weighted by molar-refractivity contribution is 5.75. The van der Waals surface area contributed by atoms with Crippen molar-refractivity contribution in [3.05, 3.63) is 36.8 Å². The molecule has 2 aromatic heterocycles. The molecule has 0 atom stereocenters. The number of aromatic nitrogens is 3. The fourth-order valence-electron chi connectivity index (χ4n) is 1.44. The third-order valence-corrected chi connectivity index (χ3v) is 2.37. The fourth-order valence-corrected chi connectivity index (χ4v) is 1.44. The minimum absolute atomic E-state index is 0.146. The van der Waals surface area contributed by atoms with Crippen LogP contribution in [-0.4, -0.2) is 27.3 Å². The maximum absolute atomic E-state index is 10.8. The fraction of sp³-hybridized carbons (Fsp3) is 0.231. The first-order chi connectivity index (χ1) is 8.75. The van der Waals surface area contributed by atoms with Crippen LogP contribution in [0.3, 0.4) is 0 Å². The standard InChI is InChI=1S/C13H14N4O/c1-10(18)5-7-15-13-16-8-11(9-17-13)12-4-2-3-6-14-12/h2-4,6,8-9H,5,7H2,1H3,(H,15,16,17). The third kappa shape index (κ3) is 3.35. The molecule has 0 saturated heterocycles. The van der Waals surface area contributed by atoms with Crippen LogP contribution in [0.15, 0.2) is 36.8 Å². The van der Waals surface area contributed by atoms with E-state index in [9.17, 15) is 4.79 Å². The van der Waals surface area contributed by atoms with Gasteiger partial charge in [-0.3, -0.25) is 9.78 Å². The molecule has 5 heteroatoms. The normalized spacial score (nSPS) is 10.1. The molecule has 0 unspecified atom stereocenters. The van der Waals surface area contributed by atoms with Gasteiger partial charge in [0.05, 0.1) is 5.69 Å². The number of ketones is 1. The lowest BCUT2D eigenvalue weighted by Gasteiger charge is -2.04. The molecule has 0 aliphatic heterocycles. The molecule has 0 aliphatic carbocycles. The summed E-state index contributed by atoms with van der Waals surface area (Å²) in [5.74, 6) is 0.670. The summed E-state index contributed by atoms with van der Waals surface area (Å²) in [6, 6.07) is 5.69. The summed E-state index contributed by atoms with van der Waals surface area (Å²) in [5.41, 5.74) is 1.71. The van der Waals surface area contributed by atoms with Crippen molar-refractivity contribution in [3.8, 4) is 11.3 Å². The molecule has 0 radical (unpaired) electrons. The van der Waals surface area contributed by atoms with Crippen molar-refractivity contribution < 1.29 is 4.79 Å². The maximum atomic E-state index is 10.8. The predicted molar refractivity (Wildman–Crippen MR) is 69.1 cm³/mol. The van der Waals surface area contributed by atoms with Crippen LogP contribution in [0.5, 0.6) is 0 Å². The van der Waals surface area contributed by atoms with Crippen LogP contribution in [0.1, 0.15) is 13.3 Å². The van der Waals surface area contributed by atoms with Gasteiger partial charge >= 0.3 is 0 Å². The van der Waals surface area contributed by atoms with Crippen molar-refractivity contribution in [3.63, 3.8) is 0 Å². The highest BCUT2D eigenvalue weighted by Crippen LogP contribution is 2.14. The van der Waals surface area contributed by atoms with E-state index in [-0.39, 0.29) is 5.78 Å². The van der Waals surface area contributed by atoms with E-state index in [2.05, 4.69) is 20.3 Å². The maximum Gasteiger partial charge on any atom is 0.222 e. The molecule has 2 aromatic rings. The quantitative estimate of drug-likeness (QED) is 0.867. The lowest BCUT2D eigenvalue weighted by molar-refractivity contribution is -0.116. The van der Waals surface area contributed by atoms with Gasteiger partial charge in [0.2, 0.25) is 5.95 Å². The molecular formula is C13H14N4O. The van der Waals surface area contributed by atoms with Crippen LogP contribution >= 0.6 is 0 Å². The van der Waals surface area contributed by atoms with Crippen LogP contribution in [-0.2, 0) is 4.79 Å². The minimum Gasteiger partial charge on any atom is -0.354 e. The van der Waals surface area contributed by atoms with Gasteiger partial charge in [0.1, 0.15) is 5.78 Å². The molecular weight excluding hydrogens is 228 g/mol. The number of nitrogens with one attached hydrogen (secondary N) is 1. The number of Topliss-reactive ketones (excluding diaryl/α,β-unsaturated/α-hetero) is 1. The van der Waals surface area contributed by atoms with Crippen molar-refractivity contribution in [2.45, 2.75) is 13.3 Å². The van der Waals surface area contributed by atoms with Gasteiger partial charge < -0.3 is 5.32 Å². The topological polar surface area (TPSA) is 67.8 Å². The molecule has 2 rings (SSSR count). The van der Waals surface area contributed by atoms with Crippen molar-refractivity contribution in [1.29, 1.82) is 0 Å². The average Bonchev–Trinajstić information content (AvgIpc) is 2.40. The van der Waals surface area contributed by atoms with E-state index < -0.39 is 0 Å². The second-order valence-electron chi connectivity index (χ2n) is 3.89. The Morgan fingerprint density at radius 2 is 2.00 bits per heavy atom. The summed E-state index contributed by atoms with van der Waals surface area (Å²) < 4.78 is 0. The van der Waals surface area contributed by atoms with E-state index in [1.54, 1.807) is 25.5 Å². The Hall–Kier alpha value is -2.30. The zero-order valence-electron chi connectivity index (χ0n) is 10.1. The van der Waals surface area contributed by atoms with Crippen molar-refractivity contribution in [2.75, 3.05) is 11.9 Å². The van der Waals surface area contributed by atoms with Crippen LogP contribution in [0.4, 0.5) is 5.95 Å².